The summed E-state index contributed by atoms with van der Waals surface area (Å²) in [7, 11) is 0. The summed E-state index contributed by atoms with van der Waals surface area (Å²) in [5.74, 6) is 0.893. The van der Waals surface area contributed by atoms with Crippen molar-refractivity contribution in [2.75, 3.05) is 6.61 Å². The Morgan fingerprint density at radius 2 is 1.88 bits per heavy atom. The van der Waals surface area contributed by atoms with Crippen molar-refractivity contribution < 1.29 is 14.3 Å². The Morgan fingerprint density at radius 3 is 2.52 bits per heavy atom. The van der Waals surface area contributed by atoms with Gasteiger partial charge < -0.3 is 9.47 Å². The van der Waals surface area contributed by atoms with Gasteiger partial charge in [-0.15, -0.1) is 0 Å². The van der Waals surface area contributed by atoms with Gasteiger partial charge in [0.25, 0.3) is 0 Å². The quantitative estimate of drug-likeness (QED) is 0.570. The molecule has 0 aliphatic carbocycles. The van der Waals surface area contributed by atoms with Crippen molar-refractivity contribution in [3.63, 3.8) is 0 Å². The molecular formula is C18H18Cl2N2O3. The highest BCUT2D eigenvalue weighted by molar-refractivity contribution is 6.35. The summed E-state index contributed by atoms with van der Waals surface area (Å²) in [6.45, 7) is 3.97. The maximum Gasteiger partial charge on any atom is 0.236 e. The molecule has 2 aromatic rings. The lowest BCUT2D eigenvalue weighted by Gasteiger charge is -2.14. The van der Waals surface area contributed by atoms with E-state index in [0.717, 1.165) is 5.56 Å². The van der Waals surface area contributed by atoms with Crippen LogP contribution in [0, 0.1) is 0 Å². The lowest BCUT2D eigenvalue weighted by Crippen LogP contribution is -2.12. The normalized spacial score (nSPS) is 10.7. The number of hydrogen-bond donors (Lipinski definition) is 1. The molecule has 0 aliphatic rings. The number of hydrogen-bond acceptors (Lipinski definition) is 4. The van der Waals surface area contributed by atoms with E-state index in [1.165, 1.54) is 13.1 Å². The highest BCUT2D eigenvalue weighted by Crippen LogP contribution is 2.31. The lowest BCUT2D eigenvalue weighted by molar-refractivity contribution is -0.118. The van der Waals surface area contributed by atoms with Crippen molar-refractivity contribution in [2.45, 2.75) is 20.5 Å². The molecule has 0 heterocycles. The van der Waals surface area contributed by atoms with Crippen LogP contribution in [0.1, 0.15) is 25.0 Å². The molecule has 2 aromatic carbocycles. The van der Waals surface area contributed by atoms with Crippen LogP contribution >= 0.6 is 23.2 Å². The van der Waals surface area contributed by atoms with E-state index in [2.05, 4.69) is 10.5 Å². The molecule has 0 aromatic heterocycles. The number of halogens is 2. The zero-order valence-corrected chi connectivity index (χ0v) is 15.4. The van der Waals surface area contributed by atoms with Gasteiger partial charge in [-0.1, -0.05) is 29.3 Å². The molecule has 0 bridgehead atoms. The molecule has 0 unspecified atom stereocenters. The molecule has 0 aliphatic heterocycles. The van der Waals surface area contributed by atoms with Crippen molar-refractivity contribution >= 4 is 35.3 Å². The molecule has 7 heteroatoms. The molecular weight excluding hydrogens is 363 g/mol. The zero-order valence-electron chi connectivity index (χ0n) is 13.9. The Morgan fingerprint density at radius 1 is 1.16 bits per heavy atom. The number of benzene rings is 2. The minimum absolute atomic E-state index is 0.220. The number of nitrogens with zero attached hydrogens (tertiary/aromatic N) is 1. The van der Waals surface area contributed by atoms with Gasteiger partial charge in [-0.25, -0.2) is 5.43 Å². The number of hydrazone groups is 1. The number of nitrogens with one attached hydrogen (secondary N) is 1. The second-order valence-electron chi connectivity index (χ2n) is 5.05. The molecule has 1 amide bonds. The van der Waals surface area contributed by atoms with Crippen LogP contribution in [0.2, 0.25) is 10.0 Å². The average molecular weight is 381 g/mol. The highest BCUT2D eigenvalue weighted by atomic mass is 35.5. The van der Waals surface area contributed by atoms with Gasteiger partial charge in [0.1, 0.15) is 6.61 Å². The van der Waals surface area contributed by atoms with Crippen LogP contribution < -0.4 is 14.9 Å². The number of amides is 1. The van der Waals surface area contributed by atoms with Gasteiger partial charge in [-0.05, 0) is 42.8 Å². The number of carbonyl (C=O) groups excluding carboxylic acids is 1. The highest BCUT2D eigenvalue weighted by Gasteiger charge is 2.10. The first-order valence-electron chi connectivity index (χ1n) is 7.63. The summed E-state index contributed by atoms with van der Waals surface area (Å²) < 4.78 is 11.4. The Hall–Kier alpha value is -2.24. The topological polar surface area (TPSA) is 59.9 Å². The van der Waals surface area contributed by atoms with Crippen LogP contribution in [-0.4, -0.2) is 18.7 Å². The van der Waals surface area contributed by atoms with Crippen molar-refractivity contribution in [3.05, 3.63) is 57.6 Å². The Bertz CT molecular complexity index is 759. The smallest absolute Gasteiger partial charge is 0.236 e. The van der Waals surface area contributed by atoms with Gasteiger partial charge in [0, 0.05) is 22.5 Å². The van der Waals surface area contributed by atoms with Crippen LogP contribution in [0.25, 0.3) is 0 Å². The first-order valence-corrected chi connectivity index (χ1v) is 8.39. The second-order valence-corrected chi connectivity index (χ2v) is 5.87. The Kier molecular flexibility index (Phi) is 7.10. The van der Waals surface area contributed by atoms with E-state index in [-0.39, 0.29) is 12.5 Å². The average Bonchev–Trinajstić information content (AvgIpc) is 2.56. The lowest BCUT2D eigenvalue weighted by atomic mass is 10.2. The second kappa shape index (κ2) is 9.30. The van der Waals surface area contributed by atoms with E-state index in [1.807, 2.05) is 6.92 Å². The van der Waals surface area contributed by atoms with Crippen LogP contribution in [0.4, 0.5) is 0 Å². The van der Waals surface area contributed by atoms with E-state index in [9.17, 15) is 4.79 Å². The molecule has 0 saturated heterocycles. The fraction of sp³-hybridized carbons (Fsp3) is 0.222. The molecule has 1 N–H and O–H groups in total. The summed E-state index contributed by atoms with van der Waals surface area (Å²) in [6.07, 6.45) is 1.53. The van der Waals surface area contributed by atoms with Crippen LogP contribution in [0.5, 0.6) is 11.5 Å². The minimum Gasteiger partial charge on any atom is -0.490 e. The molecule has 0 atom stereocenters. The summed E-state index contributed by atoms with van der Waals surface area (Å²) >= 11 is 12.3. The number of rotatable bonds is 7. The molecule has 0 spiro atoms. The molecule has 5 nitrogen and oxygen atoms in total. The predicted octanol–water partition coefficient (Wildman–Crippen LogP) is 4.44. The maximum atomic E-state index is 10.8. The fourth-order valence-corrected chi connectivity index (χ4v) is 2.52. The molecule has 25 heavy (non-hydrogen) atoms. The van der Waals surface area contributed by atoms with Crippen molar-refractivity contribution in [1.29, 1.82) is 0 Å². The van der Waals surface area contributed by atoms with Crippen LogP contribution in [-0.2, 0) is 11.4 Å². The summed E-state index contributed by atoms with van der Waals surface area (Å²) in [6, 6.07) is 10.7. The fourth-order valence-electron chi connectivity index (χ4n) is 2.01. The van der Waals surface area contributed by atoms with Crippen LogP contribution in [0.15, 0.2) is 41.5 Å². The minimum atomic E-state index is -0.238. The first-order chi connectivity index (χ1) is 12.0. The third-order valence-electron chi connectivity index (χ3n) is 3.14. The SMILES string of the molecule is CCOc1cc(/C=N\NC(C)=O)ccc1OCc1c(Cl)cccc1Cl. The van der Waals surface area contributed by atoms with Crippen molar-refractivity contribution in [3.8, 4) is 11.5 Å². The molecule has 0 saturated carbocycles. The van der Waals surface area contributed by atoms with E-state index in [1.54, 1.807) is 36.4 Å². The monoisotopic (exact) mass is 380 g/mol. The van der Waals surface area contributed by atoms with Gasteiger partial charge in [-0.3, -0.25) is 4.79 Å². The van der Waals surface area contributed by atoms with E-state index in [0.29, 0.717) is 33.7 Å². The van der Waals surface area contributed by atoms with Gasteiger partial charge in [0.15, 0.2) is 11.5 Å². The van der Waals surface area contributed by atoms with E-state index in [4.69, 9.17) is 32.7 Å². The van der Waals surface area contributed by atoms with Crippen molar-refractivity contribution in [1.82, 2.24) is 5.43 Å². The van der Waals surface area contributed by atoms with Gasteiger partial charge in [0.05, 0.1) is 12.8 Å². The Balaban J connectivity index is 2.16. The Labute approximate surface area is 156 Å². The molecule has 132 valence electrons. The molecule has 2 rings (SSSR count). The predicted molar refractivity (Wildman–Crippen MR) is 99.8 cm³/mol. The third-order valence-corrected chi connectivity index (χ3v) is 3.85. The summed E-state index contributed by atoms with van der Waals surface area (Å²) in [4.78, 5) is 10.8. The largest absolute Gasteiger partial charge is 0.490 e. The first kappa shape index (κ1) is 19.1. The summed E-state index contributed by atoms with van der Waals surface area (Å²) in [5, 5.41) is 4.92. The number of ether oxygens (including phenoxy) is 2. The maximum absolute atomic E-state index is 10.8. The van der Waals surface area contributed by atoms with Crippen molar-refractivity contribution in [2.24, 2.45) is 5.10 Å². The number of carbonyl (C=O) groups is 1. The zero-order chi connectivity index (χ0) is 18.2. The van der Waals surface area contributed by atoms with Gasteiger partial charge in [-0.2, -0.15) is 5.10 Å². The standard InChI is InChI=1S/C18H18Cl2N2O3/c1-3-24-18-9-13(10-21-22-12(2)23)7-8-17(18)25-11-14-15(19)5-4-6-16(14)20/h4-10H,3,11H2,1-2H3,(H,22,23)/b21-10-. The van der Waals surface area contributed by atoms with Gasteiger partial charge >= 0.3 is 0 Å². The van der Waals surface area contributed by atoms with Gasteiger partial charge in [0.2, 0.25) is 5.91 Å². The molecule has 0 radical (unpaired) electrons. The van der Waals surface area contributed by atoms with Crippen LogP contribution in [0.3, 0.4) is 0 Å². The third kappa shape index (κ3) is 5.66. The van der Waals surface area contributed by atoms with E-state index < -0.39 is 0 Å². The summed E-state index contributed by atoms with van der Waals surface area (Å²) in [5.41, 5.74) is 3.83. The molecule has 0 fully saturated rings. The van der Waals surface area contributed by atoms with E-state index >= 15 is 0 Å².